The van der Waals surface area contributed by atoms with Crippen LogP contribution in [0.4, 0.5) is 5.69 Å². The van der Waals surface area contributed by atoms with Gasteiger partial charge in [-0.2, -0.15) is 5.10 Å². The Morgan fingerprint density at radius 2 is 2.20 bits per heavy atom. The second kappa shape index (κ2) is 6.06. The van der Waals surface area contributed by atoms with Crippen LogP contribution in [0.2, 0.25) is 0 Å². The normalized spacial score (nSPS) is 11.5. The molecule has 1 aromatic heterocycles. The summed E-state index contributed by atoms with van der Waals surface area (Å²) in [5.74, 6) is 0. The first-order valence-electron chi connectivity index (χ1n) is 6.22. The van der Waals surface area contributed by atoms with Gasteiger partial charge in [0, 0.05) is 6.61 Å². The summed E-state index contributed by atoms with van der Waals surface area (Å²) in [7, 11) is -3.62. The Morgan fingerprint density at radius 1 is 1.40 bits per heavy atom. The molecular weight excluding hydrogens is 278 g/mol. The largest absolute Gasteiger partial charge is 0.377 e. The van der Waals surface area contributed by atoms with Crippen molar-refractivity contribution in [1.82, 2.24) is 10.2 Å². The Balaban J connectivity index is 2.23. The van der Waals surface area contributed by atoms with Crippen molar-refractivity contribution in [3.8, 4) is 0 Å². The molecule has 0 atom stereocenters. The summed E-state index contributed by atoms with van der Waals surface area (Å²) < 4.78 is 32.4. The zero-order valence-corrected chi connectivity index (χ0v) is 12.2. The minimum atomic E-state index is -3.62. The van der Waals surface area contributed by atoms with Gasteiger partial charge in [0.2, 0.25) is 0 Å². The first-order chi connectivity index (χ1) is 9.53. The smallest absolute Gasteiger partial charge is 0.262 e. The molecule has 0 saturated carbocycles. The van der Waals surface area contributed by atoms with Crippen LogP contribution in [-0.2, 0) is 21.4 Å². The number of benzene rings is 1. The number of hydrogen-bond acceptors (Lipinski definition) is 4. The number of aryl methyl sites for hydroxylation is 1. The molecule has 0 bridgehead atoms. The molecule has 2 N–H and O–H groups in total. The lowest BCUT2D eigenvalue weighted by atomic mass is 10.2. The van der Waals surface area contributed by atoms with Gasteiger partial charge < -0.3 is 4.74 Å². The zero-order valence-electron chi connectivity index (χ0n) is 11.4. The minimum Gasteiger partial charge on any atom is -0.377 e. The molecule has 0 unspecified atom stereocenters. The van der Waals surface area contributed by atoms with Crippen LogP contribution >= 0.6 is 0 Å². The average molecular weight is 295 g/mol. The molecule has 7 heteroatoms. The lowest BCUT2D eigenvalue weighted by molar-refractivity contribution is 0.134. The van der Waals surface area contributed by atoms with Crippen LogP contribution < -0.4 is 4.72 Å². The third-order valence-electron chi connectivity index (χ3n) is 2.76. The monoisotopic (exact) mass is 295 g/mol. The summed E-state index contributed by atoms with van der Waals surface area (Å²) in [4.78, 5) is 0.204. The number of nitrogens with zero attached hydrogens (tertiary/aromatic N) is 1. The van der Waals surface area contributed by atoms with Crippen LogP contribution in [0.1, 0.15) is 18.2 Å². The number of ether oxygens (including phenoxy) is 1. The van der Waals surface area contributed by atoms with E-state index in [1.165, 1.54) is 6.20 Å². The Labute approximate surface area is 118 Å². The van der Waals surface area contributed by atoms with Crippen molar-refractivity contribution in [3.63, 3.8) is 0 Å². The van der Waals surface area contributed by atoms with Crippen LogP contribution in [0, 0.1) is 6.92 Å². The fourth-order valence-electron chi connectivity index (χ4n) is 1.68. The van der Waals surface area contributed by atoms with Gasteiger partial charge in [0.05, 0.1) is 29.1 Å². The van der Waals surface area contributed by atoms with E-state index in [0.29, 0.717) is 24.6 Å². The highest BCUT2D eigenvalue weighted by Gasteiger charge is 2.16. The number of nitrogens with one attached hydrogen (secondary N) is 2. The summed E-state index contributed by atoms with van der Waals surface area (Å²) in [6.45, 7) is 4.62. The van der Waals surface area contributed by atoms with Crippen LogP contribution in [0.15, 0.2) is 35.4 Å². The van der Waals surface area contributed by atoms with Crippen LogP contribution in [0.3, 0.4) is 0 Å². The number of anilines is 1. The molecule has 1 aromatic carbocycles. The first kappa shape index (κ1) is 14.5. The number of hydrogen-bond donors (Lipinski definition) is 2. The molecule has 0 amide bonds. The standard InChI is InChI=1S/C13H17N3O3S/c1-3-19-9-11-5-4-6-12(7-11)20(17,18)16-13-8-14-15-10(13)2/h4-8,16H,3,9H2,1-2H3,(H,14,15). The van der Waals surface area contributed by atoms with Crippen molar-refractivity contribution >= 4 is 15.7 Å². The molecule has 0 aliphatic carbocycles. The van der Waals surface area contributed by atoms with Gasteiger partial charge in [0.15, 0.2) is 0 Å². The number of rotatable bonds is 6. The Bertz CT molecular complexity index is 680. The van der Waals surface area contributed by atoms with Crippen molar-refractivity contribution in [1.29, 1.82) is 0 Å². The molecule has 0 saturated heterocycles. The topological polar surface area (TPSA) is 84.1 Å². The van der Waals surface area contributed by atoms with E-state index in [0.717, 1.165) is 5.56 Å². The van der Waals surface area contributed by atoms with Crippen molar-refractivity contribution in [2.45, 2.75) is 25.3 Å². The fraction of sp³-hybridized carbons (Fsp3) is 0.308. The SMILES string of the molecule is CCOCc1cccc(S(=O)(=O)Nc2cn[nH]c2C)c1. The second-order valence-corrected chi connectivity index (χ2v) is 5.98. The molecule has 20 heavy (non-hydrogen) atoms. The lowest BCUT2D eigenvalue weighted by Gasteiger charge is -2.08. The Kier molecular flexibility index (Phi) is 4.41. The van der Waals surface area contributed by atoms with E-state index < -0.39 is 10.0 Å². The third-order valence-corrected chi connectivity index (χ3v) is 4.12. The summed E-state index contributed by atoms with van der Waals surface area (Å²) in [5.41, 5.74) is 1.93. The van der Waals surface area contributed by atoms with Crippen molar-refractivity contribution in [2.75, 3.05) is 11.3 Å². The van der Waals surface area contributed by atoms with E-state index in [-0.39, 0.29) is 4.90 Å². The molecule has 6 nitrogen and oxygen atoms in total. The molecular formula is C13H17N3O3S. The maximum atomic E-state index is 12.3. The van der Waals surface area contributed by atoms with Gasteiger partial charge in [-0.1, -0.05) is 12.1 Å². The maximum absolute atomic E-state index is 12.3. The summed E-state index contributed by atoms with van der Waals surface area (Å²) in [6.07, 6.45) is 1.44. The predicted octanol–water partition coefficient (Wildman–Crippen LogP) is 2.06. The van der Waals surface area contributed by atoms with Gasteiger partial charge >= 0.3 is 0 Å². The van der Waals surface area contributed by atoms with Crippen molar-refractivity contribution in [3.05, 3.63) is 41.7 Å². The number of aromatic nitrogens is 2. The number of H-pyrrole nitrogens is 1. The molecule has 0 spiro atoms. The highest BCUT2D eigenvalue weighted by Crippen LogP contribution is 2.18. The Morgan fingerprint density at radius 3 is 2.85 bits per heavy atom. The van der Waals surface area contributed by atoms with Crippen LogP contribution in [-0.4, -0.2) is 25.2 Å². The molecule has 1 heterocycles. The van der Waals surface area contributed by atoms with Gasteiger partial charge in [-0.25, -0.2) is 8.42 Å². The van der Waals surface area contributed by atoms with Crippen molar-refractivity contribution < 1.29 is 13.2 Å². The number of sulfonamides is 1. The van der Waals surface area contributed by atoms with E-state index in [2.05, 4.69) is 14.9 Å². The molecule has 0 aliphatic heterocycles. The highest BCUT2D eigenvalue weighted by molar-refractivity contribution is 7.92. The molecule has 108 valence electrons. The van der Waals surface area contributed by atoms with E-state index in [1.807, 2.05) is 13.0 Å². The molecule has 2 rings (SSSR count). The van der Waals surface area contributed by atoms with Gasteiger partial charge in [-0.05, 0) is 31.5 Å². The summed E-state index contributed by atoms with van der Waals surface area (Å²) in [6, 6.07) is 6.68. The second-order valence-electron chi connectivity index (χ2n) is 4.30. The predicted molar refractivity (Wildman–Crippen MR) is 75.9 cm³/mol. The zero-order chi connectivity index (χ0) is 14.6. The first-order valence-corrected chi connectivity index (χ1v) is 7.70. The molecule has 0 aliphatic rings. The maximum Gasteiger partial charge on any atom is 0.262 e. The average Bonchev–Trinajstić information content (AvgIpc) is 2.82. The van der Waals surface area contributed by atoms with Crippen LogP contribution in [0.5, 0.6) is 0 Å². The quantitative estimate of drug-likeness (QED) is 0.854. The number of aromatic amines is 1. The Hall–Kier alpha value is -1.86. The molecule has 0 fully saturated rings. The van der Waals surface area contributed by atoms with Gasteiger partial charge in [0.25, 0.3) is 10.0 Å². The third kappa shape index (κ3) is 3.37. The van der Waals surface area contributed by atoms with Crippen molar-refractivity contribution in [2.24, 2.45) is 0 Å². The van der Waals surface area contributed by atoms with Gasteiger partial charge in [0.1, 0.15) is 0 Å². The summed E-state index contributed by atoms with van der Waals surface area (Å²) in [5, 5.41) is 6.47. The summed E-state index contributed by atoms with van der Waals surface area (Å²) >= 11 is 0. The van der Waals surface area contributed by atoms with Gasteiger partial charge in [-0.15, -0.1) is 0 Å². The lowest BCUT2D eigenvalue weighted by Crippen LogP contribution is -2.13. The van der Waals surface area contributed by atoms with Crippen LogP contribution in [0.25, 0.3) is 0 Å². The van der Waals surface area contributed by atoms with E-state index in [9.17, 15) is 8.42 Å². The van der Waals surface area contributed by atoms with E-state index >= 15 is 0 Å². The van der Waals surface area contributed by atoms with Gasteiger partial charge in [-0.3, -0.25) is 9.82 Å². The highest BCUT2D eigenvalue weighted by atomic mass is 32.2. The molecule has 0 radical (unpaired) electrons. The molecule has 2 aromatic rings. The fourth-order valence-corrected chi connectivity index (χ4v) is 2.86. The minimum absolute atomic E-state index is 0.204. The van der Waals surface area contributed by atoms with E-state index in [4.69, 9.17) is 4.74 Å². The van der Waals surface area contributed by atoms with E-state index in [1.54, 1.807) is 25.1 Å².